The van der Waals surface area contributed by atoms with Crippen LogP contribution in [-0.4, -0.2) is 46.8 Å². The molecule has 0 radical (unpaired) electrons. The third kappa shape index (κ3) is 3.82. The molecule has 1 aromatic rings. The molecule has 1 saturated carbocycles. The minimum absolute atomic E-state index is 0.0556. The van der Waals surface area contributed by atoms with Crippen molar-refractivity contribution in [3.63, 3.8) is 0 Å². The molecule has 0 heterocycles. The molecule has 2 rings (SSSR count). The Morgan fingerprint density at radius 1 is 1.25 bits per heavy atom. The molecule has 0 spiro atoms. The van der Waals surface area contributed by atoms with E-state index in [-0.39, 0.29) is 25.3 Å². The van der Waals surface area contributed by atoms with E-state index in [2.05, 4.69) is 0 Å². The standard InChI is InChI=1S/C18H24N2O4/c1-20(12-10-15(19)21)17(23)14-9-5-6-11-18(14,24)16(22)13-7-3-2-4-8-13/h2-4,7-8,14,24H,5-6,9-12H2,1H3,(H2,19,21). The van der Waals surface area contributed by atoms with E-state index >= 15 is 0 Å². The zero-order valence-corrected chi connectivity index (χ0v) is 13.9. The van der Waals surface area contributed by atoms with E-state index < -0.39 is 23.2 Å². The van der Waals surface area contributed by atoms with Crippen LogP contribution in [0.15, 0.2) is 30.3 Å². The van der Waals surface area contributed by atoms with Crippen molar-refractivity contribution in [3.05, 3.63) is 35.9 Å². The Kier molecular flexibility index (Phi) is 5.72. The molecule has 2 amide bonds. The summed E-state index contributed by atoms with van der Waals surface area (Å²) < 4.78 is 0. The van der Waals surface area contributed by atoms with Crippen LogP contribution in [0.25, 0.3) is 0 Å². The van der Waals surface area contributed by atoms with Crippen molar-refractivity contribution in [1.82, 2.24) is 4.90 Å². The lowest BCUT2D eigenvalue weighted by molar-refractivity contribution is -0.144. The van der Waals surface area contributed by atoms with E-state index in [9.17, 15) is 19.5 Å². The molecule has 130 valence electrons. The third-order valence-electron chi connectivity index (χ3n) is 4.67. The first-order valence-electron chi connectivity index (χ1n) is 8.22. The second kappa shape index (κ2) is 7.57. The molecular weight excluding hydrogens is 308 g/mol. The Balaban J connectivity index is 2.21. The maximum Gasteiger partial charge on any atom is 0.228 e. The fourth-order valence-electron chi connectivity index (χ4n) is 3.25. The molecule has 24 heavy (non-hydrogen) atoms. The largest absolute Gasteiger partial charge is 0.381 e. The van der Waals surface area contributed by atoms with E-state index in [1.165, 1.54) is 4.90 Å². The molecule has 2 unspecified atom stereocenters. The summed E-state index contributed by atoms with van der Waals surface area (Å²) in [7, 11) is 1.56. The van der Waals surface area contributed by atoms with Gasteiger partial charge in [0.1, 0.15) is 5.60 Å². The van der Waals surface area contributed by atoms with Crippen LogP contribution in [0.1, 0.15) is 42.5 Å². The SMILES string of the molecule is CN(CCC(N)=O)C(=O)C1CCCCC1(O)C(=O)c1ccccc1. The number of ketones is 1. The van der Waals surface area contributed by atoms with E-state index in [1.807, 2.05) is 0 Å². The Morgan fingerprint density at radius 2 is 1.92 bits per heavy atom. The lowest BCUT2D eigenvalue weighted by Crippen LogP contribution is -2.54. The number of nitrogens with two attached hydrogens (primary N) is 1. The molecule has 1 fully saturated rings. The molecule has 0 bridgehead atoms. The molecule has 2 atom stereocenters. The number of hydrogen-bond acceptors (Lipinski definition) is 4. The predicted octanol–water partition coefficient (Wildman–Crippen LogP) is 1.12. The molecule has 1 aliphatic rings. The number of nitrogens with zero attached hydrogens (tertiary/aromatic N) is 1. The number of hydrogen-bond donors (Lipinski definition) is 2. The van der Waals surface area contributed by atoms with Gasteiger partial charge >= 0.3 is 0 Å². The first kappa shape index (κ1) is 18.1. The van der Waals surface area contributed by atoms with E-state index in [0.29, 0.717) is 18.4 Å². The Labute approximate surface area is 141 Å². The normalized spacial score (nSPS) is 23.5. The molecule has 0 aliphatic heterocycles. The smallest absolute Gasteiger partial charge is 0.228 e. The average Bonchev–Trinajstić information content (AvgIpc) is 2.59. The highest BCUT2D eigenvalue weighted by atomic mass is 16.3. The molecule has 3 N–H and O–H groups in total. The monoisotopic (exact) mass is 332 g/mol. The van der Waals surface area contributed by atoms with E-state index in [1.54, 1.807) is 37.4 Å². The third-order valence-corrected chi connectivity index (χ3v) is 4.67. The Morgan fingerprint density at radius 3 is 2.54 bits per heavy atom. The summed E-state index contributed by atoms with van der Waals surface area (Å²) in [4.78, 5) is 37.8. The minimum atomic E-state index is -1.70. The number of benzene rings is 1. The molecule has 0 aromatic heterocycles. The van der Waals surface area contributed by atoms with Gasteiger partial charge in [0, 0.05) is 25.6 Å². The predicted molar refractivity (Wildman–Crippen MR) is 89.1 cm³/mol. The number of aliphatic hydroxyl groups is 1. The van der Waals surface area contributed by atoms with Gasteiger partial charge in [-0.25, -0.2) is 0 Å². The van der Waals surface area contributed by atoms with Gasteiger partial charge in [0.25, 0.3) is 0 Å². The molecule has 1 aromatic carbocycles. The average molecular weight is 332 g/mol. The fourth-order valence-corrected chi connectivity index (χ4v) is 3.25. The van der Waals surface area contributed by atoms with Crippen molar-refractivity contribution in [2.75, 3.05) is 13.6 Å². The van der Waals surface area contributed by atoms with Crippen molar-refractivity contribution in [2.45, 2.75) is 37.7 Å². The first-order valence-corrected chi connectivity index (χ1v) is 8.22. The van der Waals surface area contributed by atoms with Crippen LogP contribution in [0.3, 0.4) is 0 Å². The zero-order chi connectivity index (χ0) is 17.7. The zero-order valence-electron chi connectivity index (χ0n) is 13.9. The van der Waals surface area contributed by atoms with Crippen LogP contribution < -0.4 is 5.73 Å². The first-order chi connectivity index (χ1) is 11.4. The topological polar surface area (TPSA) is 101 Å². The summed E-state index contributed by atoms with van der Waals surface area (Å²) in [6, 6.07) is 8.55. The van der Waals surface area contributed by atoms with Gasteiger partial charge in [-0.2, -0.15) is 0 Å². The van der Waals surface area contributed by atoms with Crippen molar-refractivity contribution in [1.29, 1.82) is 0 Å². The lowest BCUT2D eigenvalue weighted by atomic mass is 9.71. The van der Waals surface area contributed by atoms with Crippen LogP contribution in [-0.2, 0) is 9.59 Å². The highest BCUT2D eigenvalue weighted by Crippen LogP contribution is 2.37. The van der Waals surface area contributed by atoms with Crippen LogP contribution in [0, 0.1) is 5.92 Å². The summed E-state index contributed by atoms with van der Waals surface area (Å²) in [5.74, 6) is -2.02. The highest BCUT2D eigenvalue weighted by Gasteiger charge is 2.49. The van der Waals surface area contributed by atoms with Gasteiger partial charge in [-0.1, -0.05) is 43.2 Å². The van der Waals surface area contributed by atoms with Crippen LogP contribution in [0.5, 0.6) is 0 Å². The molecule has 1 aliphatic carbocycles. The van der Waals surface area contributed by atoms with Crippen molar-refractivity contribution in [2.24, 2.45) is 11.7 Å². The quantitative estimate of drug-likeness (QED) is 0.762. The van der Waals surface area contributed by atoms with Gasteiger partial charge in [-0.15, -0.1) is 0 Å². The number of Topliss-reactive ketones (excluding diaryl/α,β-unsaturated/α-hetero) is 1. The second-order valence-corrected chi connectivity index (χ2v) is 6.39. The maximum atomic E-state index is 12.8. The molecule has 6 heteroatoms. The van der Waals surface area contributed by atoms with Crippen LogP contribution in [0.2, 0.25) is 0 Å². The van der Waals surface area contributed by atoms with Gasteiger partial charge in [-0.05, 0) is 12.8 Å². The maximum absolute atomic E-state index is 12.8. The molecule has 6 nitrogen and oxygen atoms in total. The van der Waals surface area contributed by atoms with Crippen LogP contribution in [0.4, 0.5) is 0 Å². The number of carbonyl (C=O) groups excluding carboxylic acids is 3. The highest BCUT2D eigenvalue weighted by molar-refractivity contribution is 6.05. The number of primary amides is 1. The summed E-state index contributed by atoms with van der Waals surface area (Å²) in [6.45, 7) is 0.181. The van der Waals surface area contributed by atoms with Crippen LogP contribution >= 0.6 is 0 Å². The Bertz CT molecular complexity index is 617. The summed E-state index contributed by atoms with van der Waals surface area (Å²) in [5.41, 5.74) is 3.82. The van der Waals surface area contributed by atoms with Crippen molar-refractivity contribution < 1.29 is 19.5 Å². The van der Waals surface area contributed by atoms with Gasteiger partial charge < -0.3 is 15.7 Å². The number of rotatable bonds is 6. The van der Waals surface area contributed by atoms with Gasteiger partial charge in [0.05, 0.1) is 5.92 Å². The number of amides is 2. The van der Waals surface area contributed by atoms with Crippen molar-refractivity contribution >= 4 is 17.6 Å². The summed E-state index contributed by atoms with van der Waals surface area (Å²) in [6.07, 6.45) is 2.25. The van der Waals surface area contributed by atoms with Gasteiger partial charge in [0.15, 0.2) is 5.78 Å². The molecular formula is C18H24N2O4. The number of carbonyl (C=O) groups is 3. The van der Waals surface area contributed by atoms with E-state index in [4.69, 9.17) is 5.73 Å². The fraction of sp³-hybridized carbons (Fsp3) is 0.500. The van der Waals surface area contributed by atoms with E-state index in [0.717, 1.165) is 6.42 Å². The lowest BCUT2D eigenvalue weighted by Gasteiger charge is -2.39. The second-order valence-electron chi connectivity index (χ2n) is 6.39. The minimum Gasteiger partial charge on any atom is -0.381 e. The van der Waals surface area contributed by atoms with Crippen molar-refractivity contribution in [3.8, 4) is 0 Å². The molecule has 0 saturated heterocycles. The summed E-state index contributed by atoms with van der Waals surface area (Å²) >= 11 is 0. The van der Waals surface area contributed by atoms with Gasteiger partial charge in [0.2, 0.25) is 11.8 Å². The summed E-state index contributed by atoms with van der Waals surface area (Å²) in [5, 5.41) is 11.1. The Hall–Kier alpha value is -2.21. The van der Waals surface area contributed by atoms with Gasteiger partial charge in [-0.3, -0.25) is 14.4 Å².